The molecular formula is C6H19Cl2NSiTi. The Hall–Kier alpha value is 1.47. The van der Waals surface area contributed by atoms with Crippen molar-refractivity contribution in [1.29, 1.82) is 0 Å². The maximum Gasteiger partial charge on any atom is -0.147 e. The number of rotatable bonds is 2. The molecule has 0 aliphatic carbocycles. The van der Waals surface area contributed by atoms with Crippen molar-refractivity contribution in [2.75, 3.05) is 0 Å². The Kier molecular flexibility index (Phi) is 13.4. The van der Waals surface area contributed by atoms with E-state index in [4.69, 9.17) is 0 Å². The van der Waals surface area contributed by atoms with E-state index in [2.05, 4.69) is 37.7 Å². The molecule has 11 heavy (non-hydrogen) atoms. The second kappa shape index (κ2) is 8.09. The minimum atomic E-state index is -0.256. The normalized spacial score (nSPS) is 10.0. The minimum Gasteiger partial charge on any atom is -0.147 e. The van der Waals surface area contributed by atoms with E-state index in [-0.39, 0.29) is 50.1 Å². The molecule has 0 amide bonds. The number of nitrogens with one attached hydrogen (secondary N) is 1. The van der Waals surface area contributed by atoms with Crippen molar-refractivity contribution in [3.63, 3.8) is 0 Å². The fourth-order valence-electron chi connectivity index (χ4n) is 0.361. The van der Waals surface area contributed by atoms with Gasteiger partial charge in [0.05, 0.1) is 0 Å². The largest absolute Gasteiger partial charge is 0.147 e. The summed E-state index contributed by atoms with van der Waals surface area (Å²) in [5, 5.41) is 0. The van der Waals surface area contributed by atoms with E-state index in [1.165, 1.54) is 0 Å². The van der Waals surface area contributed by atoms with Gasteiger partial charge in [-0.2, -0.15) is 0 Å². The van der Waals surface area contributed by atoms with Crippen LogP contribution in [0.5, 0.6) is 0 Å². The zero-order chi connectivity index (χ0) is 7.49. The molecule has 0 atom stereocenters. The van der Waals surface area contributed by atoms with E-state index >= 15 is 0 Å². The van der Waals surface area contributed by atoms with Crippen molar-refractivity contribution >= 4 is 31.5 Å². The van der Waals surface area contributed by atoms with E-state index in [9.17, 15) is 0 Å². The summed E-state index contributed by atoms with van der Waals surface area (Å²) >= 11 is 0.243. The Bertz CT molecular complexity index is 85.1. The first-order chi connectivity index (χ1) is 3.92. The predicted octanol–water partition coefficient (Wildman–Crippen LogP) is 2.20. The molecule has 70 valence electrons. The zero-order valence-corrected chi connectivity index (χ0v) is 12.2. The summed E-state index contributed by atoms with van der Waals surface area (Å²) in [6, 6.07) is 0. The van der Waals surface area contributed by atoms with Gasteiger partial charge in [-0.1, -0.05) is 0 Å². The van der Waals surface area contributed by atoms with E-state index in [0.29, 0.717) is 5.54 Å². The standard InChI is InChI=1S/C4H10N.C2H7Si.2ClH.Ti/c1-4(2,3)5;1-3-2;;;/h5H,1-3H3;3H,1-2H3;2*1H;/q-1;;;;+1. The smallest absolute Gasteiger partial charge is 0.147 e. The summed E-state index contributed by atoms with van der Waals surface area (Å²) in [5.41, 5.74) is 0.372. The van der Waals surface area contributed by atoms with Crippen molar-refractivity contribution in [1.82, 2.24) is 3.80 Å². The van der Waals surface area contributed by atoms with Gasteiger partial charge in [0, 0.05) is 0 Å². The molecule has 0 radical (unpaired) electrons. The molecule has 0 aliphatic rings. The zero-order valence-electron chi connectivity index (χ0n) is 7.89. The van der Waals surface area contributed by atoms with Gasteiger partial charge < -0.3 is 0 Å². The second-order valence-corrected chi connectivity index (χ2v) is 13.4. The summed E-state index contributed by atoms with van der Waals surface area (Å²) in [5.74, 6) is 0. The van der Waals surface area contributed by atoms with Gasteiger partial charge in [-0.25, -0.2) is 0 Å². The molecule has 1 nitrogen and oxygen atoms in total. The molecule has 0 saturated heterocycles. The molecule has 0 fully saturated rings. The van der Waals surface area contributed by atoms with Gasteiger partial charge in [0.1, 0.15) is 0 Å². The van der Waals surface area contributed by atoms with Crippen LogP contribution >= 0.6 is 24.8 Å². The molecule has 0 aromatic rings. The van der Waals surface area contributed by atoms with Gasteiger partial charge in [-0.05, 0) is 0 Å². The van der Waals surface area contributed by atoms with Crippen LogP contribution in [0.25, 0.3) is 0 Å². The first-order valence-electron chi connectivity index (χ1n) is 3.44. The summed E-state index contributed by atoms with van der Waals surface area (Å²) in [7, 11) is 0. The average Bonchev–Trinajstić information content (AvgIpc) is 1.59. The van der Waals surface area contributed by atoms with Crippen molar-refractivity contribution in [3.8, 4) is 0 Å². The third-order valence-corrected chi connectivity index (χ3v) is 6.01. The Morgan fingerprint density at radius 2 is 1.45 bits per heavy atom. The summed E-state index contributed by atoms with van der Waals surface area (Å²) in [6.07, 6.45) is 0. The van der Waals surface area contributed by atoms with Crippen LogP contribution in [0.2, 0.25) is 13.1 Å². The fourth-order valence-corrected chi connectivity index (χ4v) is 4.46. The average molecular weight is 252 g/mol. The van der Waals surface area contributed by atoms with Crippen LogP contribution in [-0.2, 0) is 18.7 Å². The monoisotopic (exact) mass is 251 g/mol. The second-order valence-electron chi connectivity index (χ2n) is 3.67. The Morgan fingerprint density at radius 3 is 1.55 bits per heavy atom. The van der Waals surface area contributed by atoms with Crippen molar-refractivity contribution in [2.45, 2.75) is 39.4 Å². The molecular weight excluding hydrogens is 233 g/mol. The van der Waals surface area contributed by atoms with Gasteiger partial charge in [-0.3, -0.25) is 0 Å². The number of hydrogen-bond donors (Lipinski definition) is 1. The summed E-state index contributed by atoms with van der Waals surface area (Å²) in [4.78, 5) is 0. The Balaban J connectivity index is -0.000000320. The number of hydrogen-bond acceptors (Lipinski definition) is 1. The molecule has 0 aromatic heterocycles. The van der Waals surface area contributed by atoms with Crippen LogP contribution in [0.3, 0.4) is 0 Å². The van der Waals surface area contributed by atoms with E-state index in [1.54, 1.807) is 0 Å². The fraction of sp³-hybridized carbons (Fsp3) is 1.00. The number of halogens is 2. The van der Waals surface area contributed by atoms with E-state index < -0.39 is 0 Å². The molecule has 1 N–H and O–H groups in total. The third kappa shape index (κ3) is 18.4. The van der Waals surface area contributed by atoms with Gasteiger partial charge in [0.25, 0.3) is 0 Å². The summed E-state index contributed by atoms with van der Waals surface area (Å²) < 4.78 is 3.61. The van der Waals surface area contributed by atoms with E-state index in [1.807, 2.05) is 0 Å². The molecule has 0 saturated carbocycles. The molecule has 5 heteroatoms. The maximum atomic E-state index is 3.61. The van der Waals surface area contributed by atoms with E-state index in [0.717, 1.165) is 0 Å². The van der Waals surface area contributed by atoms with Gasteiger partial charge in [-0.15, -0.1) is 24.8 Å². The molecule has 0 bridgehead atoms. The minimum absolute atomic E-state index is 0. The van der Waals surface area contributed by atoms with Gasteiger partial charge >= 0.3 is 68.5 Å². The van der Waals surface area contributed by atoms with Crippen LogP contribution in [-0.4, -0.2) is 12.2 Å². The maximum absolute atomic E-state index is 3.61. The van der Waals surface area contributed by atoms with Crippen LogP contribution < -0.4 is 3.80 Å². The first-order valence-corrected chi connectivity index (χ1v) is 9.82. The predicted molar refractivity (Wildman–Crippen MR) is 56.3 cm³/mol. The van der Waals surface area contributed by atoms with Gasteiger partial charge in [0.15, 0.2) is 0 Å². The van der Waals surface area contributed by atoms with Crippen LogP contribution in [0.15, 0.2) is 0 Å². The quantitative estimate of drug-likeness (QED) is 0.743. The molecule has 0 aliphatic heterocycles. The molecule has 0 spiro atoms. The molecule has 0 rings (SSSR count). The topological polar surface area (TPSA) is 12.0 Å². The van der Waals surface area contributed by atoms with Crippen molar-refractivity contribution in [2.24, 2.45) is 0 Å². The molecule has 0 unspecified atom stereocenters. The molecule has 0 heterocycles. The van der Waals surface area contributed by atoms with Crippen molar-refractivity contribution < 1.29 is 18.7 Å². The third-order valence-electron chi connectivity index (χ3n) is 0.736. The van der Waals surface area contributed by atoms with Crippen LogP contribution in [0.1, 0.15) is 20.8 Å². The first kappa shape index (κ1) is 18.3. The summed E-state index contributed by atoms with van der Waals surface area (Å²) in [6.45, 7) is 11.3. The SMILES string of the molecule is C[SiH](C)[Ti][NH]C(C)(C)C.Cl.Cl. The Labute approximate surface area is 93.0 Å². The molecule has 0 aromatic carbocycles. The van der Waals surface area contributed by atoms with Crippen molar-refractivity contribution in [3.05, 3.63) is 0 Å². The van der Waals surface area contributed by atoms with Crippen LogP contribution in [0, 0.1) is 0 Å². The van der Waals surface area contributed by atoms with Gasteiger partial charge in [0.2, 0.25) is 0 Å². The Morgan fingerprint density at radius 1 is 1.09 bits per heavy atom. The van der Waals surface area contributed by atoms with Crippen LogP contribution in [0.4, 0.5) is 0 Å².